The number of hydrogen-bond donors (Lipinski definition) is 1. The van der Waals surface area contributed by atoms with Crippen molar-refractivity contribution < 1.29 is 27.4 Å². The van der Waals surface area contributed by atoms with Gasteiger partial charge in [-0.2, -0.15) is 22.8 Å². The number of benzene rings is 2. The molecule has 0 saturated carbocycles. The molecule has 0 amide bonds. The molecule has 4 aliphatic rings. The summed E-state index contributed by atoms with van der Waals surface area (Å²) in [7, 11) is 0. The topological polar surface area (TPSA) is 120 Å². The van der Waals surface area contributed by atoms with Crippen LogP contribution < -0.4 is 20.9 Å². The van der Waals surface area contributed by atoms with Gasteiger partial charge in [-0.25, -0.2) is 0 Å². The molecule has 9 heteroatoms. The maximum absolute atomic E-state index is 8.36. The average molecular weight is 543 g/mol. The van der Waals surface area contributed by atoms with E-state index in [1.165, 1.54) is 0 Å². The Balaban J connectivity index is 0.000000176. The van der Waals surface area contributed by atoms with E-state index in [2.05, 4.69) is 69.8 Å². The quantitative estimate of drug-likeness (QED) is 0.256. The molecule has 2 aromatic carbocycles. The van der Waals surface area contributed by atoms with Crippen LogP contribution in [0, 0.1) is 10.1 Å². The van der Waals surface area contributed by atoms with Crippen molar-refractivity contribution in [3.8, 4) is 0 Å². The summed E-state index contributed by atoms with van der Waals surface area (Å²) in [6.07, 6.45) is 16.5. The molecule has 37 heavy (non-hydrogen) atoms. The Kier molecular flexibility index (Phi) is 8.65. The van der Waals surface area contributed by atoms with E-state index in [4.69, 9.17) is 15.3 Å². The van der Waals surface area contributed by atoms with E-state index in [1.807, 2.05) is 52.0 Å². The first-order valence-corrected chi connectivity index (χ1v) is 11.3. The van der Waals surface area contributed by atoms with E-state index < -0.39 is 5.09 Å². The van der Waals surface area contributed by atoms with Crippen LogP contribution in [-0.2, 0) is 17.1 Å². The molecule has 0 unspecified atom stereocenters. The Morgan fingerprint density at radius 3 is 0.919 bits per heavy atom. The van der Waals surface area contributed by atoms with E-state index in [1.54, 1.807) is 0 Å². The van der Waals surface area contributed by atoms with Gasteiger partial charge >= 0.3 is 17.1 Å². The van der Waals surface area contributed by atoms with Gasteiger partial charge in [0.1, 0.15) is 0 Å². The number of fused-ring (bicyclic) bond motifs is 6. The fourth-order valence-electron chi connectivity index (χ4n) is 3.93. The van der Waals surface area contributed by atoms with Crippen LogP contribution in [0.3, 0.4) is 0 Å². The minimum absolute atomic E-state index is 0. The van der Waals surface area contributed by atoms with Gasteiger partial charge in [-0.3, -0.25) is 0 Å². The van der Waals surface area contributed by atoms with Crippen molar-refractivity contribution in [1.82, 2.24) is 0 Å². The Labute approximate surface area is 225 Å². The van der Waals surface area contributed by atoms with Gasteiger partial charge < -0.3 is 26.5 Å². The van der Waals surface area contributed by atoms with Gasteiger partial charge in [-0.1, -0.05) is 101 Å². The Morgan fingerprint density at radius 1 is 0.541 bits per heavy atom. The van der Waals surface area contributed by atoms with Crippen LogP contribution in [0.4, 0.5) is 22.7 Å². The van der Waals surface area contributed by atoms with Gasteiger partial charge in [0.15, 0.2) is 0 Å². The second kappa shape index (κ2) is 11.7. The first-order chi connectivity index (χ1) is 17.2. The Hall–Kier alpha value is -4.20. The zero-order valence-corrected chi connectivity index (χ0v) is 21.7. The van der Waals surface area contributed by atoms with E-state index >= 15 is 0 Å². The maximum Gasteiger partial charge on any atom is 2.00 e. The van der Waals surface area contributed by atoms with Crippen molar-refractivity contribution in [3.63, 3.8) is 0 Å². The molecule has 2 aromatic rings. The number of rotatable bonds is 0. The van der Waals surface area contributed by atoms with Crippen LogP contribution in [0.25, 0.3) is 45.6 Å². The summed E-state index contributed by atoms with van der Waals surface area (Å²) in [6, 6.07) is 8.39. The van der Waals surface area contributed by atoms with Crippen LogP contribution in [0.5, 0.6) is 0 Å². The Morgan fingerprint density at radius 2 is 0.730 bits per heavy atom. The molecular formula is C28H25CuN5O3-2. The van der Waals surface area contributed by atoms with Crippen LogP contribution in [-0.4, -0.2) is 10.3 Å². The second-order valence-electron chi connectivity index (χ2n) is 8.47. The van der Waals surface area contributed by atoms with Crippen molar-refractivity contribution in [2.75, 3.05) is 0 Å². The summed E-state index contributed by atoms with van der Waals surface area (Å²) in [4.78, 5) is 8.36. The predicted octanol–water partition coefficient (Wildman–Crippen LogP) is 5.84. The zero-order valence-electron chi connectivity index (χ0n) is 20.7. The van der Waals surface area contributed by atoms with Crippen molar-refractivity contribution >= 4 is 47.1 Å². The summed E-state index contributed by atoms with van der Waals surface area (Å²) in [5.41, 5.74) is 8.13. The number of hydrogen-bond acceptors (Lipinski definition) is 2. The SMILES string of the molecule is CC1=CC=c2ccc3c(c2[N-]1)[N-]C(C)=CC=3.CC1=CC=c2ccc3c(c2[N-]1)[N-]C(C)=CC=3.O=[N+]([O-])O.[Cu+2]. The molecule has 0 bridgehead atoms. The average Bonchev–Trinajstić information content (AvgIpc) is 2.84. The predicted molar refractivity (Wildman–Crippen MR) is 145 cm³/mol. The molecule has 1 radical (unpaired) electrons. The monoisotopic (exact) mass is 542 g/mol. The summed E-state index contributed by atoms with van der Waals surface area (Å²) < 4.78 is 0. The second-order valence-corrected chi connectivity index (χ2v) is 8.47. The first kappa shape index (κ1) is 27.4. The Bertz CT molecular complexity index is 1380. The molecule has 0 spiro atoms. The largest absolute Gasteiger partial charge is 2.00 e. The van der Waals surface area contributed by atoms with Crippen molar-refractivity contribution in [2.24, 2.45) is 0 Å². The molecule has 0 aromatic heterocycles. The van der Waals surface area contributed by atoms with Gasteiger partial charge in [0.25, 0.3) is 5.09 Å². The van der Waals surface area contributed by atoms with E-state index in [0.29, 0.717) is 0 Å². The minimum Gasteiger partial charge on any atom is -0.662 e. The molecule has 193 valence electrons. The van der Waals surface area contributed by atoms with Gasteiger partial charge in [-0.15, -0.1) is 32.9 Å². The summed E-state index contributed by atoms with van der Waals surface area (Å²) in [5.74, 6) is 0. The van der Waals surface area contributed by atoms with Crippen molar-refractivity contribution in [3.05, 3.63) is 124 Å². The van der Waals surface area contributed by atoms with Gasteiger partial charge in [-0.05, 0) is 20.9 Å². The van der Waals surface area contributed by atoms with Crippen LogP contribution in [0.15, 0.2) is 71.4 Å². The molecule has 0 atom stereocenters. The number of allylic oxidation sites excluding steroid dienone is 8. The molecule has 4 aliphatic heterocycles. The molecule has 0 aliphatic carbocycles. The third kappa shape index (κ3) is 6.52. The summed E-state index contributed by atoms with van der Waals surface area (Å²) in [6.45, 7) is 8.03. The van der Waals surface area contributed by atoms with Gasteiger partial charge in [0, 0.05) is 0 Å². The van der Waals surface area contributed by atoms with Crippen molar-refractivity contribution in [2.45, 2.75) is 27.7 Å². The normalized spacial score (nSPS) is 14.8. The molecule has 0 saturated heterocycles. The summed E-state index contributed by atoms with van der Waals surface area (Å²) in [5, 5.41) is 36.6. The third-order valence-electron chi connectivity index (χ3n) is 5.60. The molecule has 1 N–H and O–H groups in total. The molecule has 6 rings (SSSR count). The van der Waals surface area contributed by atoms with E-state index in [-0.39, 0.29) is 17.1 Å². The van der Waals surface area contributed by atoms with E-state index in [9.17, 15) is 0 Å². The maximum atomic E-state index is 8.36. The fourth-order valence-corrected chi connectivity index (χ4v) is 3.93. The number of nitrogens with zero attached hydrogens (tertiary/aromatic N) is 5. The molecule has 0 fully saturated rings. The zero-order chi connectivity index (χ0) is 25.8. The smallest absolute Gasteiger partial charge is 0.662 e. The molecule has 8 nitrogen and oxygen atoms in total. The van der Waals surface area contributed by atoms with Crippen molar-refractivity contribution in [1.29, 1.82) is 0 Å². The third-order valence-corrected chi connectivity index (χ3v) is 5.60. The van der Waals surface area contributed by atoms with E-state index in [0.717, 1.165) is 66.4 Å². The standard InChI is InChI=1S/2C14H12N2.Cu.HNO3/c2*1-9-3-5-11-7-8-12-6-4-10(2)16-14(12)13(11)15-9;;2-1(3)4/h2*3-8H,1-2H3;;(H,2,3,4)/q2*-2;+2;. The van der Waals surface area contributed by atoms with Crippen LogP contribution >= 0.6 is 0 Å². The fraction of sp³-hybridized carbons (Fsp3) is 0.143. The van der Waals surface area contributed by atoms with Crippen LogP contribution in [0.1, 0.15) is 27.7 Å². The first-order valence-electron chi connectivity index (χ1n) is 11.3. The summed E-state index contributed by atoms with van der Waals surface area (Å²) >= 11 is 0. The molecule has 4 heterocycles. The minimum atomic E-state index is -1.50. The van der Waals surface area contributed by atoms with Gasteiger partial charge in [0.2, 0.25) is 0 Å². The molecular weight excluding hydrogens is 518 g/mol. The van der Waals surface area contributed by atoms with Gasteiger partial charge in [0.05, 0.1) is 0 Å². The van der Waals surface area contributed by atoms with Crippen LogP contribution in [0.2, 0.25) is 0 Å².